The lowest BCUT2D eigenvalue weighted by Gasteiger charge is -2.28. The number of piperidine rings is 1. The third kappa shape index (κ3) is 2.68. The van der Waals surface area contributed by atoms with Gasteiger partial charge in [-0.15, -0.1) is 0 Å². The summed E-state index contributed by atoms with van der Waals surface area (Å²) in [4.78, 5) is 13.2. The van der Waals surface area contributed by atoms with Crippen LogP contribution in [-0.4, -0.2) is 12.5 Å². The second-order valence-electron chi connectivity index (χ2n) is 4.17. The zero-order chi connectivity index (χ0) is 13.3. The smallest absolute Gasteiger partial charge is 0.311 e. The molecule has 0 saturated carbocycles. The molecule has 1 heterocycles. The molecule has 0 unspecified atom stereocenters. The van der Waals surface area contributed by atoms with Gasteiger partial charge in [-0.3, -0.25) is 4.79 Å². The Morgan fingerprint density at radius 1 is 1.22 bits per heavy atom. The number of carbonyl (C=O) groups is 1. The topological polar surface area (TPSA) is 20.3 Å². The van der Waals surface area contributed by atoms with E-state index in [9.17, 15) is 18.0 Å². The number of benzene rings is 1. The molecule has 2 nitrogen and oxygen atoms in total. The summed E-state index contributed by atoms with van der Waals surface area (Å²) in [5.74, 6) is -0.124. The maximum Gasteiger partial charge on any atom is 0.416 e. The van der Waals surface area contributed by atoms with E-state index in [1.54, 1.807) is 0 Å². The van der Waals surface area contributed by atoms with Crippen LogP contribution < -0.4 is 4.90 Å². The zero-order valence-electron chi connectivity index (χ0n) is 9.43. The number of hydrogen-bond donors (Lipinski definition) is 0. The Morgan fingerprint density at radius 2 is 1.94 bits per heavy atom. The Balaban J connectivity index is 2.40. The van der Waals surface area contributed by atoms with Crippen LogP contribution in [0.5, 0.6) is 0 Å². The molecular weight excluding hydrogens is 311 g/mol. The van der Waals surface area contributed by atoms with Crippen LogP contribution in [0, 0.1) is 0 Å². The molecule has 1 saturated heterocycles. The third-order valence-electron chi connectivity index (χ3n) is 2.89. The van der Waals surface area contributed by atoms with E-state index < -0.39 is 11.7 Å². The molecule has 0 radical (unpaired) electrons. The van der Waals surface area contributed by atoms with Crippen LogP contribution in [0.2, 0.25) is 0 Å². The molecule has 0 bridgehead atoms. The van der Waals surface area contributed by atoms with Gasteiger partial charge in [0.2, 0.25) is 5.91 Å². The summed E-state index contributed by atoms with van der Waals surface area (Å²) >= 11 is 3.20. The average molecular weight is 322 g/mol. The normalized spacial score (nSPS) is 17.1. The van der Waals surface area contributed by atoms with E-state index in [1.807, 2.05) is 0 Å². The predicted octanol–water partition coefficient (Wildman–Crippen LogP) is 3.98. The van der Waals surface area contributed by atoms with Crippen LogP contribution >= 0.6 is 15.9 Å². The molecule has 0 aromatic heterocycles. The predicted molar refractivity (Wildman–Crippen MR) is 65.3 cm³/mol. The van der Waals surface area contributed by atoms with Gasteiger partial charge in [0.05, 0.1) is 11.3 Å². The van der Waals surface area contributed by atoms with Gasteiger partial charge >= 0.3 is 6.18 Å². The third-order valence-corrected chi connectivity index (χ3v) is 3.56. The van der Waals surface area contributed by atoms with Crippen molar-refractivity contribution >= 4 is 27.5 Å². The van der Waals surface area contributed by atoms with Crippen LogP contribution in [0.3, 0.4) is 0 Å². The number of rotatable bonds is 1. The Labute approximate surface area is 111 Å². The van der Waals surface area contributed by atoms with Crippen LogP contribution in [0.4, 0.5) is 18.9 Å². The lowest BCUT2D eigenvalue weighted by Crippen LogP contribution is -2.35. The lowest BCUT2D eigenvalue weighted by molar-refractivity contribution is -0.137. The number of nitrogens with zero attached hydrogens (tertiary/aromatic N) is 1. The Hall–Kier alpha value is -1.04. The molecule has 1 aliphatic rings. The number of alkyl halides is 3. The number of anilines is 1. The number of amides is 1. The van der Waals surface area contributed by atoms with Crippen molar-refractivity contribution in [3.8, 4) is 0 Å². The Bertz CT molecular complexity index is 473. The highest BCUT2D eigenvalue weighted by Gasteiger charge is 2.32. The van der Waals surface area contributed by atoms with E-state index in [4.69, 9.17) is 0 Å². The molecule has 2 rings (SSSR count). The summed E-state index contributed by atoms with van der Waals surface area (Å²) in [6.07, 6.45) is -2.39. The summed E-state index contributed by atoms with van der Waals surface area (Å²) in [5, 5.41) is 0. The van der Waals surface area contributed by atoms with E-state index in [2.05, 4.69) is 15.9 Å². The molecule has 0 aliphatic carbocycles. The molecule has 1 aliphatic heterocycles. The first kappa shape index (κ1) is 13.4. The van der Waals surface area contributed by atoms with Crippen LogP contribution in [0.15, 0.2) is 22.7 Å². The van der Waals surface area contributed by atoms with Crippen molar-refractivity contribution in [2.45, 2.75) is 25.4 Å². The lowest BCUT2D eigenvalue weighted by atomic mass is 10.1. The first-order chi connectivity index (χ1) is 8.39. The summed E-state index contributed by atoms with van der Waals surface area (Å²) in [5.41, 5.74) is -0.436. The minimum Gasteiger partial charge on any atom is -0.311 e. The maximum atomic E-state index is 12.6. The minimum atomic E-state index is -4.39. The fraction of sp³-hybridized carbons (Fsp3) is 0.417. The van der Waals surface area contributed by atoms with Crippen molar-refractivity contribution in [2.75, 3.05) is 11.4 Å². The number of halogens is 4. The van der Waals surface area contributed by atoms with Gasteiger partial charge in [-0.25, -0.2) is 0 Å². The van der Waals surface area contributed by atoms with Crippen molar-refractivity contribution in [1.29, 1.82) is 0 Å². The van der Waals surface area contributed by atoms with Gasteiger partial charge in [0, 0.05) is 17.4 Å². The number of carbonyl (C=O) groups excluding carboxylic acids is 1. The van der Waals surface area contributed by atoms with Crippen LogP contribution in [-0.2, 0) is 11.0 Å². The van der Waals surface area contributed by atoms with Gasteiger partial charge in [-0.1, -0.05) is 0 Å². The van der Waals surface area contributed by atoms with E-state index in [0.717, 1.165) is 25.0 Å². The average Bonchev–Trinajstić information content (AvgIpc) is 2.29. The maximum absolute atomic E-state index is 12.6. The SMILES string of the molecule is O=C1CCCCN1c1cc(C(F)(F)F)ccc1Br. The van der Waals surface area contributed by atoms with Gasteiger partial charge in [0.1, 0.15) is 0 Å². The highest BCUT2D eigenvalue weighted by atomic mass is 79.9. The first-order valence-corrected chi connectivity index (χ1v) is 6.36. The molecule has 1 aromatic carbocycles. The first-order valence-electron chi connectivity index (χ1n) is 5.57. The summed E-state index contributed by atoms with van der Waals surface area (Å²) in [6, 6.07) is 3.36. The van der Waals surface area contributed by atoms with E-state index in [-0.39, 0.29) is 5.91 Å². The molecule has 1 aromatic rings. The monoisotopic (exact) mass is 321 g/mol. The van der Waals surface area contributed by atoms with Crippen molar-refractivity contribution in [3.05, 3.63) is 28.2 Å². The van der Waals surface area contributed by atoms with E-state index >= 15 is 0 Å². The van der Waals surface area contributed by atoms with Gasteiger partial charge in [-0.05, 0) is 47.0 Å². The zero-order valence-corrected chi connectivity index (χ0v) is 11.0. The summed E-state index contributed by atoms with van der Waals surface area (Å²) in [7, 11) is 0. The van der Waals surface area contributed by atoms with Crippen LogP contribution in [0.1, 0.15) is 24.8 Å². The standard InChI is InChI=1S/C12H11BrF3NO/c13-9-5-4-8(12(14,15)16)7-10(9)17-6-2-1-3-11(17)18/h4-5,7H,1-3,6H2. The molecule has 98 valence electrons. The minimum absolute atomic E-state index is 0.124. The molecule has 0 atom stereocenters. The largest absolute Gasteiger partial charge is 0.416 e. The highest BCUT2D eigenvalue weighted by molar-refractivity contribution is 9.10. The summed E-state index contributed by atoms with van der Waals surface area (Å²) < 4.78 is 38.4. The fourth-order valence-corrected chi connectivity index (χ4v) is 2.42. The van der Waals surface area contributed by atoms with Crippen LogP contribution in [0.25, 0.3) is 0 Å². The second kappa shape index (κ2) is 4.91. The van der Waals surface area contributed by atoms with Crippen molar-refractivity contribution in [3.63, 3.8) is 0 Å². The van der Waals surface area contributed by atoms with Gasteiger partial charge in [-0.2, -0.15) is 13.2 Å². The van der Waals surface area contributed by atoms with E-state index in [1.165, 1.54) is 11.0 Å². The molecule has 6 heteroatoms. The van der Waals surface area contributed by atoms with Gasteiger partial charge in [0.25, 0.3) is 0 Å². The molecule has 18 heavy (non-hydrogen) atoms. The summed E-state index contributed by atoms with van der Waals surface area (Å²) in [6.45, 7) is 0.471. The van der Waals surface area contributed by atoms with Gasteiger partial charge < -0.3 is 4.90 Å². The second-order valence-corrected chi connectivity index (χ2v) is 5.02. The van der Waals surface area contributed by atoms with E-state index in [0.29, 0.717) is 23.1 Å². The Kier molecular flexibility index (Phi) is 3.66. The van der Waals surface area contributed by atoms with Gasteiger partial charge in [0.15, 0.2) is 0 Å². The number of hydrogen-bond acceptors (Lipinski definition) is 1. The fourth-order valence-electron chi connectivity index (χ4n) is 1.96. The van der Waals surface area contributed by atoms with Crippen molar-refractivity contribution in [1.82, 2.24) is 0 Å². The highest BCUT2D eigenvalue weighted by Crippen LogP contribution is 2.36. The Morgan fingerprint density at radius 3 is 2.56 bits per heavy atom. The van der Waals surface area contributed by atoms with Crippen molar-refractivity contribution in [2.24, 2.45) is 0 Å². The van der Waals surface area contributed by atoms with Crippen molar-refractivity contribution < 1.29 is 18.0 Å². The molecule has 0 spiro atoms. The molecule has 0 N–H and O–H groups in total. The molecule has 1 fully saturated rings. The quantitative estimate of drug-likeness (QED) is 0.766. The molecule has 1 amide bonds. The molecular formula is C12H11BrF3NO.